The van der Waals surface area contributed by atoms with Gasteiger partial charge < -0.3 is 14.8 Å². The van der Waals surface area contributed by atoms with Crippen molar-refractivity contribution < 1.29 is 14.3 Å². The third-order valence-electron chi connectivity index (χ3n) is 4.50. The largest absolute Gasteiger partial charge is 0.493 e. The summed E-state index contributed by atoms with van der Waals surface area (Å²) in [5, 5.41) is 13.7. The zero-order chi connectivity index (χ0) is 24.8. The molecule has 5 nitrogen and oxygen atoms in total. The molecule has 0 unspecified atom stereocenters. The molecule has 0 aliphatic carbocycles. The highest BCUT2D eigenvalue weighted by Gasteiger charge is 2.15. The number of benzene rings is 3. The number of halogens is 5. The van der Waals surface area contributed by atoms with E-state index in [2.05, 4.69) is 21.2 Å². The molecule has 0 bridgehead atoms. The number of nitriles is 1. The van der Waals surface area contributed by atoms with Gasteiger partial charge in [0.2, 0.25) is 0 Å². The minimum Gasteiger partial charge on any atom is -0.493 e. The summed E-state index contributed by atoms with van der Waals surface area (Å²) in [6.07, 6.45) is 1.43. The first kappa shape index (κ1) is 26.2. The maximum Gasteiger partial charge on any atom is 0.266 e. The Balaban J connectivity index is 1.82. The van der Waals surface area contributed by atoms with Gasteiger partial charge >= 0.3 is 0 Å². The van der Waals surface area contributed by atoms with E-state index in [-0.39, 0.29) is 17.2 Å². The minimum atomic E-state index is -0.605. The molecule has 3 aromatic rings. The summed E-state index contributed by atoms with van der Waals surface area (Å²) >= 11 is 27.3. The molecule has 0 fully saturated rings. The van der Waals surface area contributed by atoms with E-state index < -0.39 is 5.91 Å². The second kappa shape index (κ2) is 11.8. The zero-order valence-electron chi connectivity index (χ0n) is 17.5. The molecule has 0 saturated heterocycles. The Morgan fingerprint density at radius 2 is 1.68 bits per heavy atom. The molecule has 1 N–H and O–H groups in total. The van der Waals surface area contributed by atoms with E-state index in [1.54, 1.807) is 42.5 Å². The van der Waals surface area contributed by atoms with Crippen LogP contribution in [0.25, 0.3) is 6.08 Å². The highest BCUT2D eigenvalue weighted by Crippen LogP contribution is 2.35. The smallest absolute Gasteiger partial charge is 0.266 e. The predicted octanol–water partition coefficient (Wildman–Crippen LogP) is 8.20. The average molecular weight is 601 g/mol. The predicted molar refractivity (Wildman–Crippen MR) is 140 cm³/mol. The molecule has 3 rings (SSSR count). The van der Waals surface area contributed by atoms with Gasteiger partial charge in [-0.2, -0.15) is 5.26 Å². The number of amides is 1. The lowest BCUT2D eigenvalue weighted by atomic mass is 10.1. The first-order chi connectivity index (χ1) is 16.2. The Morgan fingerprint density at radius 3 is 2.29 bits per heavy atom. The molecule has 0 spiro atoms. The highest BCUT2D eigenvalue weighted by molar-refractivity contribution is 9.10. The van der Waals surface area contributed by atoms with Crippen LogP contribution in [0.1, 0.15) is 11.1 Å². The Bertz CT molecular complexity index is 1320. The van der Waals surface area contributed by atoms with E-state index in [4.69, 9.17) is 55.9 Å². The molecule has 0 heterocycles. The lowest BCUT2D eigenvalue weighted by Gasteiger charge is -2.13. The van der Waals surface area contributed by atoms with E-state index in [1.165, 1.54) is 19.3 Å². The summed E-state index contributed by atoms with van der Waals surface area (Å²) < 4.78 is 11.9. The van der Waals surface area contributed by atoms with Gasteiger partial charge in [0.05, 0.1) is 27.2 Å². The number of hydrogen-bond acceptors (Lipinski definition) is 4. The molecule has 174 valence electrons. The van der Waals surface area contributed by atoms with Gasteiger partial charge in [-0.15, -0.1) is 0 Å². The van der Waals surface area contributed by atoms with Crippen molar-refractivity contribution in [3.05, 3.63) is 89.8 Å². The molecule has 34 heavy (non-hydrogen) atoms. The van der Waals surface area contributed by atoms with Crippen LogP contribution in [0.5, 0.6) is 11.5 Å². The first-order valence-electron chi connectivity index (χ1n) is 9.54. The fourth-order valence-corrected chi connectivity index (χ4v) is 3.86. The first-order valence-corrected chi connectivity index (χ1v) is 11.8. The molecule has 1 amide bonds. The van der Waals surface area contributed by atoms with E-state index in [9.17, 15) is 10.1 Å². The quantitative estimate of drug-likeness (QED) is 0.219. The summed E-state index contributed by atoms with van der Waals surface area (Å²) in [5.41, 5.74) is 1.64. The topological polar surface area (TPSA) is 71.3 Å². The van der Waals surface area contributed by atoms with Crippen LogP contribution in [0.3, 0.4) is 0 Å². The Kier molecular flexibility index (Phi) is 9.12. The number of carbonyl (C=O) groups is 1. The third-order valence-corrected chi connectivity index (χ3v) is 6.67. The van der Waals surface area contributed by atoms with E-state index in [0.29, 0.717) is 42.3 Å². The third kappa shape index (κ3) is 6.59. The van der Waals surface area contributed by atoms with E-state index in [0.717, 1.165) is 5.56 Å². The maximum absolute atomic E-state index is 12.6. The van der Waals surface area contributed by atoms with Gasteiger partial charge in [-0.05, 0) is 59.7 Å². The zero-order valence-corrected chi connectivity index (χ0v) is 22.1. The van der Waals surface area contributed by atoms with Crippen LogP contribution in [-0.4, -0.2) is 13.0 Å². The molecule has 0 aliphatic rings. The number of nitrogens with zero attached hydrogens (tertiary/aromatic N) is 1. The number of ether oxygens (including phenoxy) is 2. The number of nitrogens with one attached hydrogen (secondary N) is 1. The number of hydrogen-bond donors (Lipinski definition) is 1. The summed E-state index contributed by atoms with van der Waals surface area (Å²) in [7, 11) is 1.49. The van der Waals surface area contributed by atoms with Crippen LogP contribution in [0, 0.1) is 11.3 Å². The molecule has 10 heteroatoms. The maximum atomic E-state index is 12.6. The van der Waals surface area contributed by atoms with Gasteiger partial charge in [0, 0.05) is 10.2 Å². The van der Waals surface area contributed by atoms with Gasteiger partial charge in [-0.1, -0.05) is 68.4 Å². The van der Waals surface area contributed by atoms with Gasteiger partial charge in [0.1, 0.15) is 18.2 Å². The highest BCUT2D eigenvalue weighted by atomic mass is 79.9. The van der Waals surface area contributed by atoms with Gasteiger partial charge in [0.25, 0.3) is 5.91 Å². The van der Waals surface area contributed by atoms with Crippen molar-refractivity contribution in [1.29, 1.82) is 5.26 Å². The lowest BCUT2D eigenvalue weighted by Crippen LogP contribution is -2.13. The van der Waals surface area contributed by atoms with Crippen molar-refractivity contribution in [1.82, 2.24) is 0 Å². The summed E-state index contributed by atoms with van der Waals surface area (Å²) in [5.74, 6) is 0.264. The Labute approximate surface area is 224 Å². The normalized spacial score (nSPS) is 11.0. The van der Waals surface area contributed by atoms with Gasteiger partial charge in [-0.3, -0.25) is 4.79 Å². The van der Waals surface area contributed by atoms with Crippen LogP contribution in [0.2, 0.25) is 20.1 Å². The van der Waals surface area contributed by atoms with E-state index in [1.807, 2.05) is 6.07 Å². The van der Waals surface area contributed by atoms with Crippen LogP contribution < -0.4 is 14.8 Å². The molecular formula is C24H15BrCl4N2O3. The van der Waals surface area contributed by atoms with Crippen LogP contribution in [-0.2, 0) is 11.4 Å². The van der Waals surface area contributed by atoms with Gasteiger partial charge in [-0.25, -0.2) is 0 Å². The molecule has 0 radical (unpaired) electrons. The number of anilines is 1. The minimum absolute atomic E-state index is 0.127. The molecular weight excluding hydrogens is 586 g/mol. The summed E-state index contributed by atoms with van der Waals surface area (Å²) in [4.78, 5) is 12.6. The van der Waals surface area contributed by atoms with Crippen molar-refractivity contribution in [2.75, 3.05) is 12.4 Å². The van der Waals surface area contributed by atoms with Crippen molar-refractivity contribution in [2.24, 2.45) is 0 Å². The molecule has 0 atom stereocenters. The Morgan fingerprint density at radius 1 is 1.00 bits per heavy atom. The number of rotatable bonds is 7. The van der Waals surface area contributed by atoms with Crippen molar-refractivity contribution in [3.63, 3.8) is 0 Å². The van der Waals surface area contributed by atoms with E-state index >= 15 is 0 Å². The molecule has 0 aliphatic heterocycles. The van der Waals surface area contributed by atoms with Crippen molar-refractivity contribution >= 4 is 80.0 Å². The second-order valence-corrected chi connectivity index (χ2v) is 9.30. The monoisotopic (exact) mass is 598 g/mol. The molecule has 0 aromatic heterocycles. The standard InChI is InChI=1S/C24H15BrCl4N2O3/c1-33-22-8-14(7-15(11-30)24(32)31-16-3-5-19(27)21(29)9-16)17(25)10-23(22)34-12-13-2-4-18(26)20(28)6-13/h2-10H,12H2,1H3,(H,31,32)/b15-7+. The molecule has 0 saturated carbocycles. The van der Waals surface area contributed by atoms with Gasteiger partial charge in [0.15, 0.2) is 11.5 Å². The van der Waals surface area contributed by atoms with Crippen molar-refractivity contribution in [2.45, 2.75) is 6.61 Å². The summed E-state index contributed by atoms with van der Waals surface area (Å²) in [6.45, 7) is 0.227. The Hall–Kier alpha value is -2.40. The summed E-state index contributed by atoms with van der Waals surface area (Å²) in [6, 6.07) is 15.1. The fourth-order valence-electron chi connectivity index (χ4n) is 2.80. The lowest BCUT2D eigenvalue weighted by molar-refractivity contribution is -0.112. The van der Waals surface area contributed by atoms with Crippen LogP contribution in [0.15, 0.2) is 58.6 Å². The number of methoxy groups -OCH3 is 1. The van der Waals surface area contributed by atoms with Crippen molar-refractivity contribution in [3.8, 4) is 17.6 Å². The second-order valence-electron chi connectivity index (χ2n) is 6.81. The van der Waals surface area contributed by atoms with Crippen LogP contribution in [0.4, 0.5) is 5.69 Å². The SMILES string of the molecule is COc1cc(/C=C(\C#N)C(=O)Nc2ccc(Cl)c(Cl)c2)c(Br)cc1OCc1ccc(Cl)c(Cl)c1. The average Bonchev–Trinajstić information content (AvgIpc) is 2.81. The van der Waals surface area contributed by atoms with Crippen LogP contribution >= 0.6 is 62.3 Å². The number of carbonyl (C=O) groups excluding carboxylic acids is 1. The fraction of sp³-hybridized carbons (Fsp3) is 0.0833. The molecule has 3 aromatic carbocycles.